The third-order valence-corrected chi connectivity index (χ3v) is 3.30. The molecule has 3 aromatic rings. The molecule has 2 heterocycles. The van der Waals surface area contributed by atoms with Gasteiger partial charge in [-0.1, -0.05) is 36.4 Å². The Kier molecular flexibility index (Phi) is 3.96. The summed E-state index contributed by atoms with van der Waals surface area (Å²) in [6.45, 7) is 1.88. The molecule has 1 N–H and O–H groups in total. The minimum Gasteiger partial charge on any atom is -0.443 e. The molecule has 22 heavy (non-hydrogen) atoms. The number of hydrogen-bond acceptors (Lipinski definition) is 4. The van der Waals surface area contributed by atoms with E-state index in [1.165, 1.54) is 6.39 Å². The van der Waals surface area contributed by atoms with E-state index in [-0.39, 0.29) is 17.6 Å². The average Bonchev–Trinajstić information content (AvgIpc) is 3.06. The lowest BCUT2D eigenvalue weighted by Gasteiger charge is -2.12. The molecule has 0 fully saturated rings. The van der Waals surface area contributed by atoms with E-state index in [2.05, 4.69) is 15.3 Å². The monoisotopic (exact) mass is 293 g/mol. The average molecular weight is 293 g/mol. The highest BCUT2D eigenvalue weighted by atomic mass is 16.3. The standard InChI is InChI=1S/C17H15N3O2/c1-12(14-9-5-6-10-18-14)20-17(21)15-16(22-11-19-15)13-7-3-2-4-8-13/h2-12H,1H3,(H,20,21)/t12-/m1/s1. The Bertz CT molecular complexity index is 754. The number of rotatable bonds is 4. The van der Waals surface area contributed by atoms with Crippen LogP contribution in [0.1, 0.15) is 29.1 Å². The van der Waals surface area contributed by atoms with E-state index in [9.17, 15) is 4.79 Å². The van der Waals surface area contributed by atoms with Crippen molar-refractivity contribution in [1.82, 2.24) is 15.3 Å². The third-order valence-electron chi connectivity index (χ3n) is 3.30. The number of nitrogens with one attached hydrogen (secondary N) is 1. The van der Waals surface area contributed by atoms with E-state index >= 15 is 0 Å². The molecule has 1 aromatic carbocycles. The summed E-state index contributed by atoms with van der Waals surface area (Å²) in [5.41, 5.74) is 1.88. The Labute approximate surface area is 128 Å². The van der Waals surface area contributed by atoms with Gasteiger partial charge in [-0.25, -0.2) is 4.98 Å². The van der Waals surface area contributed by atoms with E-state index in [0.717, 1.165) is 11.3 Å². The molecule has 5 nitrogen and oxygen atoms in total. The van der Waals surface area contributed by atoms with Gasteiger partial charge >= 0.3 is 0 Å². The molecule has 0 saturated carbocycles. The van der Waals surface area contributed by atoms with Crippen molar-refractivity contribution in [3.05, 3.63) is 72.5 Å². The highest BCUT2D eigenvalue weighted by Crippen LogP contribution is 2.23. The minimum atomic E-state index is -0.286. The van der Waals surface area contributed by atoms with Gasteiger partial charge in [0.15, 0.2) is 17.8 Å². The van der Waals surface area contributed by atoms with E-state index < -0.39 is 0 Å². The third kappa shape index (κ3) is 2.88. The molecule has 1 amide bonds. The lowest BCUT2D eigenvalue weighted by Crippen LogP contribution is -2.27. The second kappa shape index (κ2) is 6.22. The molecule has 0 aliphatic rings. The second-order valence-corrected chi connectivity index (χ2v) is 4.85. The molecule has 0 radical (unpaired) electrons. The molecule has 0 bridgehead atoms. The van der Waals surface area contributed by atoms with Crippen molar-refractivity contribution in [1.29, 1.82) is 0 Å². The minimum absolute atomic E-state index is 0.214. The number of carbonyl (C=O) groups excluding carboxylic acids is 1. The van der Waals surface area contributed by atoms with Crippen LogP contribution in [0.2, 0.25) is 0 Å². The molecule has 1 atom stereocenters. The molecule has 5 heteroatoms. The fraction of sp³-hybridized carbons (Fsp3) is 0.118. The van der Waals surface area contributed by atoms with Crippen LogP contribution in [0.3, 0.4) is 0 Å². The van der Waals surface area contributed by atoms with Crippen molar-refractivity contribution in [2.24, 2.45) is 0 Å². The number of amides is 1. The number of nitrogens with zero attached hydrogens (tertiary/aromatic N) is 2. The Balaban J connectivity index is 1.81. The zero-order chi connectivity index (χ0) is 15.4. The summed E-state index contributed by atoms with van der Waals surface area (Å²) < 4.78 is 5.37. The molecule has 110 valence electrons. The fourth-order valence-corrected chi connectivity index (χ4v) is 2.17. The first-order valence-electron chi connectivity index (χ1n) is 6.96. The van der Waals surface area contributed by atoms with Crippen molar-refractivity contribution < 1.29 is 9.21 Å². The van der Waals surface area contributed by atoms with Crippen molar-refractivity contribution in [2.75, 3.05) is 0 Å². The molecule has 3 rings (SSSR count). The number of carbonyl (C=O) groups is 1. The van der Waals surface area contributed by atoms with Crippen LogP contribution in [0, 0.1) is 0 Å². The molecule has 0 aliphatic carbocycles. The van der Waals surface area contributed by atoms with Crippen LogP contribution in [0.4, 0.5) is 0 Å². The lowest BCUT2D eigenvalue weighted by molar-refractivity contribution is 0.0935. The number of oxazole rings is 1. The predicted molar refractivity (Wildman–Crippen MR) is 82.1 cm³/mol. The second-order valence-electron chi connectivity index (χ2n) is 4.85. The maximum Gasteiger partial charge on any atom is 0.274 e. The molecule has 0 unspecified atom stereocenters. The van der Waals surface area contributed by atoms with Gasteiger partial charge in [0, 0.05) is 11.8 Å². The largest absolute Gasteiger partial charge is 0.443 e. The van der Waals surface area contributed by atoms with Gasteiger partial charge in [-0.3, -0.25) is 9.78 Å². The van der Waals surface area contributed by atoms with Gasteiger partial charge in [-0.15, -0.1) is 0 Å². The molecule has 0 saturated heterocycles. The van der Waals surface area contributed by atoms with Crippen molar-refractivity contribution in [3.63, 3.8) is 0 Å². The Morgan fingerprint density at radius 2 is 1.86 bits per heavy atom. The van der Waals surface area contributed by atoms with Gasteiger partial charge < -0.3 is 9.73 Å². The fourth-order valence-electron chi connectivity index (χ4n) is 2.17. The van der Waals surface area contributed by atoms with Crippen molar-refractivity contribution in [2.45, 2.75) is 13.0 Å². The topological polar surface area (TPSA) is 68.0 Å². The molecule has 0 spiro atoms. The smallest absolute Gasteiger partial charge is 0.274 e. The van der Waals surface area contributed by atoms with Crippen LogP contribution in [0.15, 0.2) is 65.5 Å². The predicted octanol–water partition coefficient (Wildman–Crippen LogP) is 3.23. The summed E-state index contributed by atoms with van der Waals surface area (Å²) in [4.78, 5) is 20.7. The first-order valence-corrected chi connectivity index (χ1v) is 6.96. The lowest BCUT2D eigenvalue weighted by atomic mass is 10.1. The number of pyridine rings is 1. The number of hydrogen-bond donors (Lipinski definition) is 1. The van der Waals surface area contributed by atoms with Crippen LogP contribution >= 0.6 is 0 Å². The Hall–Kier alpha value is -2.95. The van der Waals surface area contributed by atoms with Crippen LogP contribution in [-0.2, 0) is 0 Å². The molecule has 0 aliphatic heterocycles. The number of aromatic nitrogens is 2. The summed E-state index contributed by atoms with van der Waals surface area (Å²) >= 11 is 0. The van der Waals surface area contributed by atoms with Gasteiger partial charge in [0.05, 0.1) is 11.7 Å². The van der Waals surface area contributed by atoms with Crippen LogP contribution in [0.5, 0.6) is 0 Å². The van der Waals surface area contributed by atoms with E-state index in [1.807, 2.05) is 55.5 Å². The highest BCUT2D eigenvalue weighted by molar-refractivity contribution is 5.97. The van der Waals surface area contributed by atoms with Gasteiger partial charge in [-0.05, 0) is 19.1 Å². The first kappa shape index (κ1) is 14.0. The summed E-state index contributed by atoms with van der Waals surface area (Å²) in [6, 6.07) is 14.8. The first-order chi connectivity index (χ1) is 10.8. The van der Waals surface area contributed by atoms with Gasteiger partial charge in [0.1, 0.15) is 0 Å². The van der Waals surface area contributed by atoms with Crippen molar-refractivity contribution in [3.8, 4) is 11.3 Å². The van der Waals surface area contributed by atoms with E-state index in [4.69, 9.17) is 4.42 Å². The van der Waals surface area contributed by atoms with Crippen LogP contribution < -0.4 is 5.32 Å². The quantitative estimate of drug-likeness (QED) is 0.802. The van der Waals surface area contributed by atoms with Gasteiger partial charge in [0.25, 0.3) is 5.91 Å². The maximum atomic E-state index is 12.4. The Morgan fingerprint density at radius 1 is 1.09 bits per heavy atom. The van der Waals surface area contributed by atoms with Crippen LogP contribution in [0.25, 0.3) is 11.3 Å². The molecular weight excluding hydrogens is 278 g/mol. The summed E-state index contributed by atoms with van der Waals surface area (Å²) in [7, 11) is 0. The zero-order valence-electron chi connectivity index (χ0n) is 12.1. The van der Waals surface area contributed by atoms with Gasteiger partial charge in [0.2, 0.25) is 0 Å². The maximum absolute atomic E-state index is 12.4. The highest BCUT2D eigenvalue weighted by Gasteiger charge is 2.20. The molecular formula is C17H15N3O2. The van der Waals surface area contributed by atoms with Gasteiger partial charge in [-0.2, -0.15) is 0 Å². The van der Waals surface area contributed by atoms with E-state index in [0.29, 0.717) is 5.76 Å². The number of benzene rings is 1. The Morgan fingerprint density at radius 3 is 2.59 bits per heavy atom. The summed E-state index contributed by atoms with van der Waals surface area (Å²) in [6.07, 6.45) is 2.98. The summed E-state index contributed by atoms with van der Waals surface area (Å²) in [5, 5.41) is 2.88. The normalized spacial score (nSPS) is 11.9. The van der Waals surface area contributed by atoms with Crippen molar-refractivity contribution >= 4 is 5.91 Å². The SMILES string of the molecule is C[C@@H](NC(=O)c1ncoc1-c1ccccc1)c1ccccn1. The van der Waals surface area contributed by atoms with Crippen LogP contribution in [-0.4, -0.2) is 15.9 Å². The summed E-state index contributed by atoms with van der Waals surface area (Å²) in [5.74, 6) is 0.178. The van der Waals surface area contributed by atoms with E-state index in [1.54, 1.807) is 6.20 Å². The zero-order valence-corrected chi connectivity index (χ0v) is 12.1. The molecule has 2 aromatic heterocycles.